The first-order valence-electron chi connectivity index (χ1n) is 11.4. The Balaban J connectivity index is 1.78. The lowest BCUT2D eigenvalue weighted by molar-refractivity contribution is 0.0988. The number of aliphatic imine (C=N–C) groups is 1. The summed E-state index contributed by atoms with van der Waals surface area (Å²) in [4.78, 5) is 23.6. The number of nitrogens with zero attached hydrogens (tertiary/aromatic N) is 4. The Hall–Kier alpha value is -3.05. The van der Waals surface area contributed by atoms with Crippen molar-refractivity contribution in [1.29, 1.82) is 0 Å². The van der Waals surface area contributed by atoms with Crippen molar-refractivity contribution in [3.63, 3.8) is 0 Å². The molecule has 188 valence electrons. The number of ketones is 1. The molecule has 1 aromatic carbocycles. The maximum absolute atomic E-state index is 15.4. The molecule has 0 radical (unpaired) electrons. The zero-order chi connectivity index (χ0) is 25.6. The summed E-state index contributed by atoms with van der Waals surface area (Å²) in [5.41, 5.74) is 5.42. The van der Waals surface area contributed by atoms with Crippen LogP contribution >= 0.6 is 0 Å². The summed E-state index contributed by atoms with van der Waals surface area (Å²) >= 11 is 0. The second kappa shape index (κ2) is 8.87. The first-order valence-corrected chi connectivity index (χ1v) is 12.8. The molecule has 11 heteroatoms. The number of ether oxygens (including phenoxy) is 1. The number of guanidine groups is 1. The molecule has 3 heterocycles. The van der Waals surface area contributed by atoms with Crippen molar-refractivity contribution in [1.82, 2.24) is 14.2 Å². The fraction of sp³-hybridized carbons (Fsp3) is 0.458. The van der Waals surface area contributed by atoms with Gasteiger partial charge in [-0.1, -0.05) is 13.0 Å². The number of likely N-dealkylation sites (tertiary alicyclic amines) is 1. The van der Waals surface area contributed by atoms with Crippen LogP contribution in [0.25, 0.3) is 0 Å². The smallest absolute Gasteiger partial charge is 0.247 e. The maximum Gasteiger partial charge on any atom is 0.247 e. The minimum absolute atomic E-state index is 0.0391. The van der Waals surface area contributed by atoms with Crippen LogP contribution in [-0.2, 0) is 22.0 Å². The van der Waals surface area contributed by atoms with Crippen LogP contribution in [0.1, 0.15) is 41.9 Å². The van der Waals surface area contributed by atoms with Crippen LogP contribution < -0.4 is 10.5 Å². The quantitative estimate of drug-likeness (QED) is 0.599. The molecule has 0 saturated carbocycles. The van der Waals surface area contributed by atoms with E-state index in [2.05, 4.69) is 9.98 Å². The molecule has 0 unspecified atom stereocenters. The molecule has 9 nitrogen and oxygen atoms in total. The van der Waals surface area contributed by atoms with E-state index in [1.54, 1.807) is 19.1 Å². The maximum atomic E-state index is 15.4. The fourth-order valence-electron chi connectivity index (χ4n) is 5.08. The van der Waals surface area contributed by atoms with Gasteiger partial charge in [-0.2, -0.15) is 0 Å². The number of sulfonamides is 1. The molecule has 2 atom stereocenters. The van der Waals surface area contributed by atoms with Crippen molar-refractivity contribution >= 4 is 21.8 Å². The van der Waals surface area contributed by atoms with E-state index in [0.29, 0.717) is 24.4 Å². The number of carbonyl (C=O) groups is 1. The highest BCUT2D eigenvalue weighted by molar-refractivity contribution is 7.91. The first-order chi connectivity index (χ1) is 16.5. The summed E-state index contributed by atoms with van der Waals surface area (Å²) < 4.78 is 47.6. The van der Waals surface area contributed by atoms with Crippen molar-refractivity contribution in [2.45, 2.75) is 37.0 Å². The van der Waals surface area contributed by atoms with Crippen LogP contribution in [0, 0.1) is 5.82 Å². The lowest BCUT2D eigenvalue weighted by Crippen LogP contribution is -2.66. The number of Topliss-reactive ketones (excluding diaryl/α,β-unsaturated/α-hetero) is 1. The SMILES string of the molecule is CCN1CC[C@@]2(C1)[C@@](C)(c1cc(CC(=O)c3ccc(OC)cn3)ccc1F)N=C(N)N(C)S2(=O)=O. The third kappa shape index (κ3) is 3.86. The van der Waals surface area contributed by atoms with Gasteiger partial charge in [0.15, 0.2) is 5.78 Å². The van der Waals surface area contributed by atoms with Gasteiger partial charge >= 0.3 is 0 Å². The minimum atomic E-state index is -3.97. The number of hydrogen-bond acceptors (Lipinski definition) is 8. The highest BCUT2D eigenvalue weighted by atomic mass is 32.2. The second-order valence-corrected chi connectivity index (χ2v) is 11.4. The normalized spacial score (nSPS) is 26.1. The predicted octanol–water partition coefficient (Wildman–Crippen LogP) is 1.92. The molecule has 1 saturated heterocycles. The zero-order valence-electron chi connectivity index (χ0n) is 20.3. The number of benzene rings is 1. The molecule has 35 heavy (non-hydrogen) atoms. The summed E-state index contributed by atoms with van der Waals surface area (Å²) in [7, 11) is -1.09. The van der Waals surface area contributed by atoms with Crippen molar-refractivity contribution in [2.24, 2.45) is 10.7 Å². The molecule has 2 aliphatic heterocycles. The first kappa shape index (κ1) is 25.1. The lowest BCUT2D eigenvalue weighted by atomic mass is 9.77. The number of carbonyl (C=O) groups excluding carboxylic acids is 1. The van der Waals surface area contributed by atoms with E-state index >= 15 is 4.39 Å². The van der Waals surface area contributed by atoms with Crippen LogP contribution in [0.4, 0.5) is 4.39 Å². The van der Waals surface area contributed by atoms with E-state index in [-0.39, 0.29) is 42.4 Å². The third-order valence-electron chi connectivity index (χ3n) is 7.34. The Labute approximate surface area is 204 Å². The summed E-state index contributed by atoms with van der Waals surface area (Å²) in [6.45, 7) is 4.97. The molecular weight excluding hydrogens is 473 g/mol. The van der Waals surface area contributed by atoms with Crippen molar-refractivity contribution < 1.29 is 22.3 Å². The topological polar surface area (TPSA) is 118 Å². The van der Waals surface area contributed by atoms with Gasteiger partial charge in [0.2, 0.25) is 16.0 Å². The zero-order valence-corrected chi connectivity index (χ0v) is 21.1. The van der Waals surface area contributed by atoms with Gasteiger partial charge in [-0.05, 0) is 56.3 Å². The predicted molar refractivity (Wildman–Crippen MR) is 130 cm³/mol. The van der Waals surface area contributed by atoms with Crippen LogP contribution in [0.3, 0.4) is 0 Å². The Morgan fingerprint density at radius 1 is 1.29 bits per heavy atom. The molecular formula is C24H30FN5O4S. The van der Waals surface area contributed by atoms with E-state index in [1.165, 1.54) is 38.6 Å². The van der Waals surface area contributed by atoms with E-state index < -0.39 is 26.1 Å². The highest BCUT2D eigenvalue weighted by Crippen LogP contribution is 2.51. The summed E-state index contributed by atoms with van der Waals surface area (Å²) in [5, 5.41) is 0. The van der Waals surface area contributed by atoms with Crippen molar-refractivity contribution in [3.05, 3.63) is 59.2 Å². The molecule has 1 spiro atoms. The van der Waals surface area contributed by atoms with E-state index in [1.807, 2.05) is 11.8 Å². The lowest BCUT2D eigenvalue weighted by Gasteiger charge is -2.48. The van der Waals surface area contributed by atoms with Gasteiger partial charge in [0.05, 0.1) is 13.3 Å². The number of hydrogen-bond donors (Lipinski definition) is 1. The largest absolute Gasteiger partial charge is 0.495 e. The van der Waals surface area contributed by atoms with Gasteiger partial charge in [-0.25, -0.2) is 27.1 Å². The molecule has 1 fully saturated rings. The number of aromatic nitrogens is 1. The number of pyridine rings is 1. The standard InChI is InChI=1S/C24H30FN5O4S/c1-5-30-11-10-24(15-30)23(2,28-22(26)29(3)35(24,32)33)18-12-16(6-8-19(18)25)13-21(31)20-9-7-17(34-4)14-27-20/h6-9,12,14H,5,10-11,13,15H2,1-4H3,(H2,26,28)/t23-,24-/m1/s1. The molecule has 0 bridgehead atoms. The van der Waals surface area contributed by atoms with Crippen molar-refractivity contribution in [2.75, 3.05) is 33.8 Å². The van der Waals surface area contributed by atoms with Crippen LogP contribution in [0.5, 0.6) is 5.75 Å². The van der Waals surface area contributed by atoms with Crippen LogP contribution in [0.15, 0.2) is 41.5 Å². The third-order valence-corrected chi connectivity index (χ3v) is 9.96. The monoisotopic (exact) mass is 503 g/mol. The Bertz CT molecular complexity index is 1280. The number of nitrogens with two attached hydrogens (primary N) is 1. The number of halogens is 1. The van der Waals surface area contributed by atoms with Gasteiger partial charge in [0.25, 0.3) is 0 Å². The summed E-state index contributed by atoms with van der Waals surface area (Å²) in [6, 6.07) is 7.50. The Morgan fingerprint density at radius 2 is 2.03 bits per heavy atom. The summed E-state index contributed by atoms with van der Waals surface area (Å²) in [5.74, 6) is -0.532. The van der Waals surface area contributed by atoms with Gasteiger partial charge in [-0.15, -0.1) is 0 Å². The van der Waals surface area contributed by atoms with Crippen LogP contribution in [0.2, 0.25) is 0 Å². The second-order valence-electron chi connectivity index (χ2n) is 9.13. The van der Waals surface area contributed by atoms with E-state index in [9.17, 15) is 13.2 Å². The molecule has 2 aromatic rings. The molecule has 4 rings (SSSR count). The van der Waals surface area contributed by atoms with Gasteiger partial charge < -0.3 is 15.4 Å². The van der Waals surface area contributed by atoms with Crippen molar-refractivity contribution in [3.8, 4) is 5.75 Å². The summed E-state index contributed by atoms with van der Waals surface area (Å²) in [6.07, 6.45) is 1.69. The molecule has 1 aromatic heterocycles. The molecule has 2 aliphatic rings. The molecule has 0 amide bonds. The van der Waals surface area contributed by atoms with E-state index in [4.69, 9.17) is 10.5 Å². The average Bonchev–Trinajstić information content (AvgIpc) is 3.30. The fourth-order valence-corrected chi connectivity index (χ4v) is 7.24. The van der Waals surface area contributed by atoms with E-state index in [0.717, 1.165) is 4.31 Å². The molecule has 2 N–H and O–H groups in total. The highest BCUT2D eigenvalue weighted by Gasteiger charge is 2.65. The Kier molecular flexibility index (Phi) is 6.35. The number of methoxy groups -OCH3 is 1. The Morgan fingerprint density at radius 3 is 2.63 bits per heavy atom. The molecule has 0 aliphatic carbocycles. The average molecular weight is 504 g/mol. The number of rotatable bonds is 6. The van der Waals surface area contributed by atoms with Gasteiger partial charge in [0, 0.05) is 25.6 Å². The van der Waals surface area contributed by atoms with Gasteiger partial charge in [0.1, 0.15) is 27.5 Å². The minimum Gasteiger partial charge on any atom is -0.495 e. The van der Waals surface area contributed by atoms with Crippen LogP contribution in [-0.4, -0.2) is 72.9 Å². The van der Waals surface area contributed by atoms with Gasteiger partial charge in [-0.3, -0.25) is 4.79 Å².